The number of hydrogen-bond acceptors (Lipinski definition) is 3. The molecular weight excluding hydrogens is 300 g/mol. The van der Waals surface area contributed by atoms with Gasteiger partial charge in [0.05, 0.1) is 12.8 Å². The molecule has 5 nitrogen and oxygen atoms in total. The van der Waals surface area contributed by atoms with E-state index in [0.717, 1.165) is 44.9 Å². The summed E-state index contributed by atoms with van der Waals surface area (Å²) in [6, 6.07) is 0.00167. The van der Waals surface area contributed by atoms with Gasteiger partial charge in [0.1, 0.15) is 0 Å². The minimum atomic E-state index is -3.33. The average Bonchev–Trinajstić information content (AvgIpc) is 2.98. The molecule has 0 bridgehead atoms. The highest BCUT2D eigenvalue weighted by molar-refractivity contribution is 7.88. The van der Waals surface area contributed by atoms with Gasteiger partial charge in [-0.2, -0.15) is 4.31 Å². The Morgan fingerprint density at radius 2 is 2.00 bits per heavy atom. The van der Waals surface area contributed by atoms with Crippen LogP contribution in [0, 0.1) is 0 Å². The van der Waals surface area contributed by atoms with Crippen molar-refractivity contribution in [3.05, 3.63) is 11.6 Å². The van der Waals surface area contributed by atoms with Gasteiger partial charge in [0.15, 0.2) is 0 Å². The molecule has 2 aliphatic carbocycles. The van der Waals surface area contributed by atoms with Gasteiger partial charge in [-0.05, 0) is 44.9 Å². The first-order valence-corrected chi connectivity index (χ1v) is 10.2. The molecule has 2 rings (SSSR count). The third kappa shape index (κ3) is 5.39. The fraction of sp³-hybridized carbons (Fsp3) is 0.812. The number of amides is 1. The molecule has 1 saturated carbocycles. The minimum Gasteiger partial charge on any atom is -0.355 e. The van der Waals surface area contributed by atoms with Gasteiger partial charge in [-0.1, -0.05) is 24.5 Å². The van der Waals surface area contributed by atoms with Crippen LogP contribution in [0.2, 0.25) is 0 Å². The predicted molar refractivity (Wildman–Crippen MR) is 88.0 cm³/mol. The van der Waals surface area contributed by atoms with Crippen LogP contribution in [0.4, 0.5) is 0 Å². The first kappa shape index (κ1) is 17.5. The van der Waals surface area contributed by atoms with E-state index in [9.17, 15) is 13.2 Å². The van der Waals surface area contributed by atoms with E-state index in [1.807, 2.05) is 0 Å². The highest BCUT2D eigenvalue weighted by Gasteiger charge is 2.30. The summed E-state index contributed by atoms with van der Waals surface area (Å²) < 4.78 is 25.2. The summed E-state index contributed by atoms with van der Waals surface area (Å²) >= 11 is 0. The second-order valence-electron chi connectivity index (χ2n) is 6.45. The number of nitrogens with one attached hydrogen (secondary N) is 1. The maximum Gasteiger partial charge on any atom is 0.235 e. The number of carbonyl (C=O) groups excluding carboxylic acids is 1. The van der Waals surface area contributed by atoms with Gasteiger partial charge in [-0.15, -0.1) is 0 Å². The van der Waals surface area contributed by atoms with Gasteiger partial charge < -0.3 is 5.32 Å². The Morgan fingerprint density at radius 1 is 1.27 bits per heavy atom. The summed E-state index contributed by atoms with van der Waals surface area (Å²) in [6.45, 7) is 0.565. The molecule has 1 amide bonds. The van der Waals surface area contributed by atoms with Crippen LogP contribution in [0.15, 0.2) is 11.6 Å². The molecule has 1 fully saturated rings. The molecule has 0 aromatic rings. The smallest absolute Gasteiger partial charge is 0.235 e. The molecule has 0 aliphatic heterocycles. The summed E-state index contributed by atoms with van der Waals surface area (Å²) in [4.78, 5) is 12.1. The Bertz CT molecular complexity index is 507. The Balaban J connectivity index is 1.79. The van der Waals surface area contributed by atoms with Gasteiger partial charge in [0.25, 0.3) is 0 Å². The van der Waals surface area contributed by atoms with Crippen molar-refractivity contribution in [3.8, 4) is 0 Å². The molecule has 0 radical (unpaired) electrons. The van der Waals surface area contributed by atoms with E-state index in [-0.39, 0.29) is 18.5 Å². The zero-order valence-corrected chi connectivity index (χ0v) is 14.3. The van der Waals surface area contributed by atoms with Gasteiger partial charge >= 0.3 is 0 Å². The first-order chi connectivity index (χ1) is 10.5. The second-order valence-corrected chi connectivity index (χ2v) is 8.39. The lowest BCUT2D eigenvalue weighted by Crippen LogP contribution is -2.45. The van der Waals surface area contributed by atoms with Crippen molar-refractivity contribution in [1.82, 2.24) is 9.62 Å². The minimum absolute atomic E-state index is 0.00167. The van der Waals surface area contributed by atoms with E-state index >= 15 is 0 Å². The Hall–Kier alpha value is -0.880. The van der Waals surface area contributed by atoms with E-state index in [1.165, 1.54) is 29.0 Å². The molecule has 0 aromatic heterocycles. The largest absolute Gasteiger partial charge is 0.355 e. The van der Waals surface area contributed by atoms with E-state index in [1.54, 1.807) is 0 Å². The van der Waals surface area contributed by atoms with Gasteiger partial charge in [0, 0.05) is 12.6 Å². The molecule has 0 unspecified atom stereocenters. The third-order valence-electron chi connectivity index (χ3n) is 4.61. The molecule has 0 heterocycles. The Kier molecular flexibility index (Phi) is 6.44. The molecule has 126 valence electrons. The summed E-state index contributed by atoms with van der Waals surface area (Å²) in [5.74, 6) is -0.186. The van der Waals surface area contributed by atoms with Crippen LogP contribution in [0.25, 0.3) is 0 Å². The SMILES string of the molecule is CS(=O)(=O)N(CC(=O)NCCC1=CCCCC1)C1CCCC1. The van der Waals surface area contributed by atoms with Crippen LogP contribution >= 0.6 is 0 Å². The van der Waals surface area contributed by atoms with Gasteiger partial charge in [0.2, 0.25) is 15.9 Å². The summed E-state index contributed by atoms with van der Waals surface area (Å²) in [6.07, 6.45) is 13.0. The first-order valence-electron chi connectivity index (χ1n) is 8.38. The maximum absolute atomic E-state index is 12.1. The van der Waals surface area contributed by atoms with E-state index in [2.05, 4.69) is 11.4 Å². The number of carbonyl (C=O) groups is 1. The molecule has 2 aliphatic rings. The number of hydrogen-bond donors (Lipinski definition) is 1. The fourth-order valence-electron chi connectivity index (χ4n) is 3.40. The Morgan fingerprint density at radius 3 is 2.59 bits per heavy atom. The molecule has 0 saturated heterocycles. The second kappa shape index (κ2) is 8.11. The number of rotatable bonds is 7. The highest BCUT2D eigenvalue weighted by atomic mass is 32.2. The van der Waals surface area contributed by atoms with E-state index in [0.29, 0.717) is 6.54 Å². The number of allylic oxidation sites excluding steroid dienone is 1. The molecule has 6 heteroatoms. The van der Waals surface area contributed by atoms with Crippen molar-refractivity contribution in [2.45, 2.75) is 63.8 Å². The lowest BCUT2D eigenvalue weighted by molar-refractivity contribution is -0.121. The third-order valence-corrected chi connectivity index (χ3v) is 5.89. The lowest BCUT2D eigenvalue weighted by atomic mass is 9.97. The van der Waals surface area contributed by atoms with Crippen LogP contribution in [0.5, 0.6) is 0 Å². The molecule has 22 heavy (non-hydrogen) atoms. The van der Waals surface area contributed by atoms with Crippen LogP contribution in [0.3, 0.4) is 0 Å². The fourth-order valence-corrected chi connectivity index (χ4v) is 4.51. The van der Waals surface area contributed by atoms with Crippen molar-refractivity contribution >= 4 is 15.9 Å². The molecule has 0 aromatic carbocycles. The monoisotopic (exact) mass is 328 g/mol. The maximum atomic E-state index is 12.1. The van der Waals surface area contributed by atoms with Crippen LogP contribution < -0.4 is 5.32 Å². The quantitative estimate of drug-likeness (QED) is 0.729. The van der Waals surface area contributed by atoms with Crippen molar-refractivity contribution in [3.63, 3.8) is 0 Å². The summed E-state index contributed by atoms with van der Waals surface area (Å²) in [5.41, 5.74) is 1.42. The zero-order valence-electron chi connectivity index (χ0n) is 13.5. The van der Waals surface area contributed by atoms with Crippen molar-refractivity contribution in [1.29, 1.82) is 0 Å². The van der Waals surface area contributed by atoms with Crippen molar-refractivity contribution in [2.24, 2.45) is 0 Å². The van der Waals surface area contributed by atoms with Crippen LogP contribution in [-0.4, -0.2) is 44.0 Å². The molecule has 0 spiro atoms. The normalized spacial score (nSPS) is 20.2. The Labute approximate surface area is 134 Å². The van der Waals surface area contributed by atoms with E-state index in [4.69, 9.17) is 0 Å². The van der Waals surface area contributed by atoms with Crippen molar-refractivity contribution < 1.29 is 13.2 Å². The highest BCUT2D eigenvalue weighted by Crippen LogP contribution is 2.25. The van der Waals surface area contributed by atoms with Crippen LogP contribution in [-0.2, 0) is 14.8 Å². The van der Waals surface area contributed by atoms with E-state index < -0.39 is 10.0 Å². The standard InChI is InChI=1S/C16H28N2O3S/c1-22(20,21)18(15-9-5-6-10-15)13-16(19)17-12-11-14-7-3-2-4-8-14/h7,15H,2-6,8-13H2,1H3,(H,17,19). The average molecular weight is 328 g/mol. The zero-order chi connectivity index (χ0) is 16.0. The number of sulfonamides is 1. The van der Waals surface area contributed by atoms with Gasteiger partial charge in [-0.3, -0.25) is 4.79 Å². The number of nitrogens with zero attached hydrogens (tertiary/aromatic N) is 1. The summed E-state index contributed by atoms with van der Waals surface area (Å²) in [5, 5.41) is 2.87. The summed E-state index contributed by atoms with van der Waals surface area (Å²) in [7, 11) is -3.33. The molecular formula is C16H28N2O3S. The molecule has 1 N–H and O–H groups in total. The molecule has 0 atom stereocenters. The lowest BCUT2D eigenvalue weighted by Gasteiger charge is -2.25. The van der Waals surface area contributed by atoms with Crippen LogP contribution in [0.1, 0.15) is 57.8 Å². The van der Waals surface area contributed by atoms with Gasteiger partial charge in [-0.25, -0.2) is 8.42 Å². The predicted octanol–water partition coefficient (Wildman–Crippen LogP) is 2.20. The van der Waals surface area contributed by atoms with Crippen molar-refractivity contribution in [2.75, 3.05) is 19.3 Å². The topological polar surface area (TPSA) is 66.5 Å².